The number of amides is 1. The maximum Gasteiger partial charge on any atom is 0.407 e. The lowest BCUT2D eigenvalue weighted by Gasteiger charge is -2.46. The minimum absolute atomic E-state index is 0.116. The zero-order chi connectivity index (χ0) is 17.6. The zero-order valence-corrected chi connectivity index (χ0v) is 14.5. The van der Waals surface area contributed by atoms with Crippen LogP contribution in [0.2, 0.25) is 0 Å². The molecule has 1 fully saturated rings. The molecule has 1 atom stereocenters. The van der Waals surface area contributed by atoms with E-state index < -0.39 is 6.09 Å². The molecule has 1 amide bonds. The maximum absolute atomic E-state index is 11.9. The van der Waals surface area contributed by atoms with Crippen molar-refractivity contribution in [2.75, 3.05) is 24.5 Å². The Morgan fingerprint density at radius 2 is 2.00 bits per heavy atom. The van der Waals surface area contributed by atoms with Gasteiger partial charge < -0.3 is 19.9 Å². The van der Waals surface area contributed by atoms with E-state index in [1.165, 1.54) is 4.90 Å². The fraction of sp³-hybridized carbons (Fsp3) is 0.529. The highest BCUT2D eigenvalue weighted by Crippen LogP contribution is 2.32. The van der Waals surface area contributed by atoms with Crippen molar-refractivity contribution >= 4 is 22.8 Å². The van der Waals surface area contributed by atoms with Crippen molar-refractivity contribution in [1.82, 2.24) is 14.5 Å². The first-order valence-corrected chi connectivity index (χ1v) is 8.12. The van der Waals surface area contributed by atoms with Crippen molar-refractivity contribution in [3.05, 3.63) is 28.7 Å². The molecule has 2 aromatic rings. The van der Waals surface area contributed by atoms with Gasteiger partial charge in [0.1, 0.15) is 0 Å². The lowest BCUT2D eigenvalue weighted by molar-refractivity contribution is 0.0749. The quantitative estimate of drug-likeness (QED) is 0.838. The third kappa shape index (κ3) is 2.64. The number of para-hydroxylation sites is 1. The number of hydrogen-bond acceptors (Lipinski definition) is 3. The molecule has 1 aromatic heterocycles. The third-order valence-corrected chi connectivity index (χ3v) is 4.86. The molecular formula is C17H24N4O3. The van der Waals surface area contributed by atoms with Crippen LogP contribution in [-0.2, 0) is 7.05 Å². The highest BCUT2D eigenvalue weighted by molar-refractivity contribution is 5.89. The van der Waals surface area contributed by atoms with Crippen LogP contribution in [-0.4, -0.2) is 51.3 Å². The van der Waals surface area contributed by atoms with Gasteiger partial charge in [-0.05, 0) is 17.5 Å². The molecular weight excluding hydrogens is 308 g/mol. The number of imidazole rings is 1. The van der Waals surface area contributed by atoms with Crippen LogP contribution in [0.3, 0.4) is 0 Å². The number of fused-ring (bicyclic) bond motifs is 1. The van der Waals surface area contributed by atoms with Crippen LogP contribution in [0.5, 0.6) is 0 Å². The van der Waals surface area contributed by atoms with E-state index in [4.69, 9.17) is 0 Å². The number of rotatable bonds is 1. The number of nitrogens with one attached hydrogen (secondary N) is 1. The van der Waals surface area contributed by atoms with Gasteiger partial charge in [0.25, 0.3) is 0 Å². The summed E-state index contributed by atoms with van der Waals surface area (Å²) in [6.07, 6.45) is -0.873. The Kier molecular flexibility index (Phi) is 3.81. The molecule has 2 heterocycles. The number of benzene rings is 1. The van der Waals surface area contributed by atoms with Gasteiger partial charge in [0.15, 0.2) is 0 Å². The van der Waals surface area contributed by atoms with Gasteiger partial charge in [0.2, 0.25) is 0 Å². The fourth-order valence-electron chi connectivity index (χ4n) is 3.51. The number of nitrogens with zero attached hydrogens (tertiary/aromatic N) is 3. The van der Waals surface area contributed by atoms with Gasteiger partial charge in [-0.15, -0.1) is 0 Å². The van der Waals surface area contributed by atoms with Crippen LogP contribution in [0.4, 0.5) is 10.5 Å². The molecule has 1 saturated heterocycles. The van der Waals surface area contributed by atoms with Crippen molar-refractivity contribution in [2.45, 2.75) is 26.8 Å². The van der Waals surface area contributed by atoms with Crippen LogP contribution in [0.15, 0.2) is 23.0 Å². The minimum Gasteiger partial charge on any atom is -0.465 e. The summed E-state index contributed by atoms with van der Waals surface area (Å²) in [5, 5.41) is 9.51. The second-order valence-corrected chi connectivity index (χ2v) is 7.47. The second-order valence-electron chi connectivity index (χ2n) is 7.47. The van der Waals surface area contributed by atoms with Gasteiger partial charge >= 0.3 is 11.8 Å². The molecule has 0 saturated carbocycles. The van der Waals surface area contributed by atoms with Crippen molar-refractivity contribution in [3.8, 4) is 0 Å². The first-order chi connectivity index (χ1) is 11.2. The van der Waals surface area contributed by atoms with Gasteiger partial charge in [-0.1, -0.05) is 26.8 Å². The molecule has 130 valence electrons. The van der Waals surface area contributed by atoms with E-state index in [0.29, 0.717) is 19.6 Å². The predicted molar refractivity (Wildman–Crippen MR) is 93.7 cm³/mol. The second kappa shape index (κ2) is 5.58. The fourth-order valence-corrected chi connectivity index (χ4v) is 3.51. The minimum atomic E-state index is -0.873. The number of H-pyrrole nitrogens is 1. The molecule has 1 aromatic carbocycles. The Bertz CT molecular complexity index is 830. The number of hydrogen-bond donors (Lipinski definition) is 2. The molecule has 0 radical (unpaired) electrons. The molecule has 1 unspecified atom stereocenters. The normalized spacial score (nSPS) is 19.1. The lowest BCUT2D eigenvalue weighted by Crippen LogP contribution is -2.59. The Hall–Kier alpha value is -2.44. The Balaban J connectivity index is 2.03. The maximum atomic E-state index is 11.9. The summed E-state index contributed by atoms with van der Waals surface area (Å²) in [5.74, 6) is 0. The van der Waals surface area contributed by atoms with Gasteiger partial charge in [-0.25, -0.2) is 9.59 Å². The van der Waals surface area contributed by atoms with Crippen molar-refractivity contribution in [1.29, 1.82) is 0 Å². The van der Waals surface area contributed by atoms with Gasteiger partial charge in [-0.2, -0.15) is 0 Å². The number of piperazine rings is 1. The summed E-state index contributed by atoms with van der Waals surface area (Å²) >= 11 is 0. The largest absolute Gasteiger partial charge is 0.465 e. The third-order valence-electron chi connectivity index (χ3n) is 4.86. The standard InChI is InChI=1S/C17H24N4O3/c1-17(2,3)13-10-20(8-9-21(13)16(23)24)12-7-5-6-11-14(12)19(4)15(22)18-11/h5-7,13H,8-10H2,1-4H3,(H,18,22)(H,23,24). The number of aromatic nitrogens is 2. The summed E-state index contributed by atoms with van der Waals surface area (Å²) in [7, 11) is 1.75. The summed E-state index contributed by atoms with van der Waals surface area (Å²) in [5.41, 5.74) is 2.31. The van der Waals surface area contributed by atoms with E-state index in [0.717, 1.165) is 16.7 Å². The summed E-state index contributed by atoms with van der Waals surface area (Å²) < 4.78 is 1.61. The monoisotopic (exact) mass is 332 g/mol. The van der Waals surface area contributed by atoms with Crippen LogP contribution >= 0.6 is 0 Å². The number of carbonyl (C=O) groups is 1. The molecule has 0 aliphatic carbocycles. The number of aryl methyl sites for hydroxylation is 1. The van der Waals surface area contributed by atoms with Gasteiger partial charge in [0.05, 0.1) is 22.8 Å². The van der Waals surface area contributed by atoms with Crippen molar-refractivity contribution in [3.63, 3.8) is 0 Å². The molecule has 7 nitrogen and oxygen atoms in total. The predicted octanol–water partition coefficient (Wildman–Crippen LogP) is 2.08. The number of anilines is 1. The van der Waals surface area contributed by atoms with E-state index in [1.807, 2.05) is 18.2 Å². The highest BCUT2D eigenvalue weighted by atomic mass is 16.4. The Morgan fingerprint density at radius 3 is 2.62 bits per heavy atom. The average molecular weight is 332 g/mol. The van der Waals surface area contributed by atoms with E-state index in [-0.39, 0.29) is 17.1 Å². The zero-order valence-electron chi connectivity index (χ0n) is 14.5. The molecule has 3 rings (SSSR count). The number of aromatic amines is 1. The van der Waals surface area contributed by atoms with Crippen LogP contribution in [0.1, 0.15) is 20.8 Å². The number of carboxylic acid groups (broad SMARTS) is 1. The van der Waals surface area contributed by atoms with E-state index in [1.54, 1.807) is 11.6 Å². The average Bonchev–Trinajstić information content (AvgIpc) is 2.80. The summed E-state index contributed by atoms with van der Waals surface area (Å²) in [6, 6.07) is 5.68. The Morgan fingerprint density at radius 1 is 1.29 bits per heavy atom. The van der Waals surface area contributed by atoms with Crippen LogP contribution in [0.25, 0.3) is 11.0 Å². The topological polar surface area (TPSA) is 81.6 Å². The molecule has 1 aliphatic heterocycles. The van der Waals surface area contributed by atoms with Crippen LogP contribution in [0, 0.1) is 5.41 Å². The highest BCUT2D eigenvalue weighted by Gasteiger charge is 2.38. The lowest BCUT2D eigenvalue weighted by atomic mass is 9.84. The van der Waals surface area contributed by atoms with Crippen molar-refractivity contribution in [2.24, 2.45) is 12.5 Å². The van der Waals surface area contributed by atoms with E-state index >= 15 is 0 Å². The molecule has 2 N–H and O–H groups in total. The first kappa shape index (κ1) is 16.4. The molecule has 0 spiro atoms. The van der Waals surface area contributed by atoms with Crippen LogP contribution < -0.4 is 10.6 Å². The SMILES string of the molecule is Cn1c(=O)[nH]c2cccc(N3CCN(C(=O)O)C(C(C)(C)C)C3)c21. The van der Waals surface area contributed by atoms with E-state index in [9.17, 15) is 14.7 Å². The van der Waals surface area contributed by atoms with Crippen molar-refractivity contribution < 1.29 is 9.90 Å². The van der Waals surface area contributed by atoms with E-state index in [2.05, 4.69) is 30.7 Å². The summed E-state index contributed by atoms with van der Waals surface area (Å²) in [6.45, 7) is 7.84. The van der Waals surface area contributed by atoms with Gasteiger partial charge in [-0.3, -0.25) is 4.57 Å². The molecule has 1 aliphatic rings. The van der Waals surface area contributed by atoms with Gasteiger partial charge in [0, 0.05) is 26.7 Å². The first-order valence-electron chi connectivity index (χ1n) is 8.12. The molecule has 0 bridgehead atoms. The molecule has 24 heavy (non-hydrogen) atoms. The molecule has 7 heteroatoms. The summed E-state index contributed by atoms with van der Waals surface area (Å²) in [4.78, 5) is 30.1. The Labute approximate surface area is 140 Å². The smallest absolute Gasteiger partial charge is 0.407 e.